The average Bonchev–Trinajstić information content (AvgIpc) is 2.52. The molecule has 1 aromatic heterocycles. The highest BCUT2D eigenvalue weighted by Gasteiger charge is 2.16. The van der Waals surface area contributed by atoms with E-state index >= 15 is 0 Å². The first kappa shape index (κ1) is 17.8. The number of pyridine rings is 1. The molecule has 1 heterocycles. The second-order valence-electron chi connectivity index (χ2n) is 6.08. The Kier molecular flexibility index (Phi) is 5.21. The zero-order valence-electron chi connectivity index (χ0n) is 14.0. The van der Waals surface area contributed by atoms with Crippen molar-refractivity contribution < 1.29 is 14.3 Å². The summed E-state index contributed by atoms with van der Waals surface area (Å²) in [5.74, 6) is 0.505. The van der Waals surface area contributed by atoms with Crippen LogP contribution in [0.4, 0.5) is 10.5 Å². The number of aromatic nitrogens is 1. The normalized spacial score (nSPS) is 10.3. The summed E-state index contributed by atoms with van der Waals surface area (Å²) in [6.07, 6.45) is 0.865. The Bertz CT molecular complexity index is 841. The van der Waals surface area contributed by atoms with Crippen molar-refractivity contribution in [3.05, 3.63) is 47.7 Å². The molecule has 0 atom stereocenters. The second kappa shape index (κ2) is 7.33. The van der Waals surface area contributed by atoms with Crippen molar-refractivity contribution in [1.82, 2.24) is 4.98 Å². The fraction of sp³-hybridized carbons (Fsp3) is 0.222. The van der Waals surface area contributed by atoms with E-state index in [9.17, 15) is 4.79 Å². The molecule has 1 amide bonds. The van der Waals surface area contributed by atoms with Crippen LogP contribution < -0.4 is 10.1 Å². The van der Waals surface area contributed by atoms with E-state index in [2.05, 4.69) is 10.3 Å². The minimum Gasteiger partial charge on any atom is -0.444 e. The molecular weight excluding hydrogens is 320 g/mol. The first-order chi connectivity index (χ1) is 11.8. The SMILES string of the molecule is CC(C)(C)OC(=O)Nc1ccnc(Oc2cc(C#N)cc(C#N)c2)c1. The van der Waals surface area contributed by atoms with Crippen LogP contribution in [0.25, 0.3) is 0 Å². The van der Waals surface area contributed by atoms with Gasteiger partial charge in [0.25, 0.3) is 0 Å². The van der Waals surface area contributed by atoms with Gasteiger partial charge < -0.3 is 9.47 Å². The third kappa shape index (κ3) is 5.52. The molecule has 25 heavy (non-hydrogen) atoms. The van der Waals surface area contributed by atoms with Crippen LogP contribution >= 0.6 is 0 Å². The van der Waals surface area contributed by atoms with E-state index in [1.54, 1.807) is 26.8 Å². The molecule has 126 valence electrons. The maximum absolute atomic E-state index is 11.8. The molecule has 0 saturated carbocycles. The van der Waals surface area contributed by atoms with E-state index in [4.69, 9.17) is 20.0 Å². The highest BCUT2D eigenvalue weighted by atomic mass is 16.6. The van der Waals surface area contributed by atoms with Crippen LogP contribution in [0.5, 0.6) is 11.6 Å². The van der Waals surface area contributed by atoms with Crippen molar-refractivity contribution in [2.24, 2.45) is 0 Å². The Morgan fingerprint density at radius 1 is 1.12 bits per heavy atom. The predicted octanol–water partition coefficient (Wildman–Crippen LogP) is 3.96. The summed E-state index contributed by atoms with van der Waals surface area (Å²) in [5, 5.41) is 20.6. The summed E-state index contributed by atoms with van der Waals surface area (Å²) in [4.78, 5) is 15.8. The van der Waals surface area contributed by atoms with Gasteiger partial charge >= 0.3 is 6.09 Å². The first-order valence-corrected chi connectivity index (χ1v) is 7.38. The largest absolute Gasteiger partial charge is 0.444 e. The minimum atomic E-state index is -0.609. The molecule has 0 spiro atoms. The van der Waals surface area contributed by atoms with Gasteiger partial charge in [0, 0.05) is 12.3 Å². The molecule has 7 heteroatoms. The van der Waals surface area contributed by atoms with Gasteiger partial charge in [-0.3, -0.25) is 5.32 Å². The molecule has 0 aliphatic heterocycles. The quantitative estimate of drug-likeness (QED) is 0.908. The Labute approximate surface area is 145 Å². The molecule has 0 fully saturated rings. The molecule has 2 aromatic rings. The van der Waals surface area contributed by atoms with Crippen LogP contribution in [0.2, 0.25) is 0 Å². The molecule has 0 bridgehead atoms. The number of nitrogens with one attached hydrogen (secondary N) is 1. The van der Waals surface area contributed by atoms with Gasteiger partial charge in [0.05, 0.1) is 29.0 Å². The van der Waals surface area contributed by atoms with E-state index in [0.29, 0.717) is 22.6 Å². The van der Waals surface area contributed by atoms with Crippen LogP contribution in [-0.2, 0) is 4.74 Å². The molecule has 0 saturated heterocycles. The predicted molar refractivity (Wildman–Crippen MR) is 90.0 cm³/mol. The van der Waals surface area contributed by atoms with Gasteiger partial charge in [0.2, 0.25) is 5.88 Å². The topological polar surface area (TPSA) is 108 Å². The van der Waals surface area contributed by atoms with Crippen LogP contribution in [0.15, 0.2) is 36.5 Å². The van der Waals surface area contributed by atoms with E-state index in [1.807, 2.05) is 12.1 Å². The smallest absolute Gasteiger partial charge is 0.412 e. The van der Waals surface area contributed by atoms with E-state index < -0.39 is 11.7 Å². The Balaban J connectivity index is 2.16. The first-order valence-electron chi connectivity index (χ1n) is 7.38. The Morgan fingerprint density at radius 3 is 2.32 bits per heavy atom. The molecule has 0 aliphatic carbocycles. The fourth-order valence-corrected chi connectivity index (χ4v) is 1.87. The highest BCUT2D eigenvalue weighted by Crippen LogP contribution is 2.24. The molecule has 2 rings (SSSR count). The number of rotatable bonds is 3. The third-order valence-corrected chi connectivity index (χ3v) is 2.77. The Morgan fingerprint density at radius 2 is 1.76 bits per heavy atom. The van der Waals surface area contributed by atoms with Crippen molar-refractivity contribution in [2.45, 2.75) is 26.4 Å². The molecule has 0 unspecified atom stereocenters. The van der Waals surface area contributed by atoms with Crippen LogP contribution in [0.3, 0.4) is 0 Å². The van der Waals surface area contributed by atoms with Gasteiger partial charge in [0.15, 0.2) is 0 Å². The number of nitriles is 2. The standard InChI is InChI=1S/C18H16N4O3/c1-18(2,3)25-17(23)22-14-4-5-21-16(9-14)24-15-7-12(10-19)6-13(8-15)11-20/h4-9H,1-3H3,(H,21,22,23). The molecule has 0 aliphatic rings. The lowest BCUT2D eigenvalue weighted by atomic mass is 10.1. The fourth-order valence-electron chi connectivity index (χ4n) is 1.87. The van der Waals surface area contributed by atoms with Crippen LogP contribution in [-0.4, -0.2) is 16.7 Å². The highest BCUT2D eigenvalue weighted by molar-refractivity contribution is 5.84. The number of ether oxygens (including phenoxy) is 2. The number of carbonyl (C=O) groups excluding carboxylic acids is 1. The van der Waals surface area contributed by atoms with Gasteiger partial charge in [0.1, 0.15) is 11.4 Å². The zero-order chi connectivity index (χ0) is 18.4. The minimum absolute atomic E-state index is 0.201. The number of amides is 1. The van der Waals surface area contributed by atoms with Gasteiger partial charge in [-0.1, -0.05) is 0 Å². The van der Waals surface area contributed by atoms with E-state index in [-0.39, 0.29) is 5.88 Å². The van der Waals surface area contributed by atoms with Crippen molar-refractivity contribution in [2.75, 3.05) is 5.32 Å². The number of hydrogen-bond acceptors (Lipinski definition) is 6. The molecule has 0 radical (unpaired) electrons. The Hall–Kier alpha value is -3.58. The summed E-state index contributed by atoms with van der Waals surface area (Å²) < 4.78 is 10.8. The average molecular weight is 336 g/mol. The van der Waals surface area contributed by atoms with Crippen molar-refractivity contribution in [3.8, 4) is 23.8 Å². The van der Waals surface area contributed by atoms with E-state index in [0.717, 1.165) is 0 Å². The van der Waals surface area contributed by atoms with Crippen molar-refractivity contribution in [1.29, 1.82) is 10.5 Å². The maximum atomic E-state index is 11.8. The van der Waals surface area contributed by atoms with Gasteiger partial charge in [-0.05, 0) is 45.0 Å². The van der Waals surface area contributed by atoms with Crippen molar-refractivity contribution in [3.63, 3.8) is 0 Å². The van der Waals surface area contributed by atoms with Gasteiger partial charge in [-0.15, -0.1) is 0 Å². The third-order valence-electron chi connectivity index (χ3n) is 2.77. The van der Waals surface area contributed by atoms with Crippen LogP contribution in [0, 0.1) is 22.7 Å². The lowest BCUT2D eigenvalue weighted by Gasteiger charge is -2.19. The molecular formula is C18H16N4O3. The number of nitrogens with zero attached hydrogens (tertiary/aromatic N) is 3. The van der Waals surface area contributed by atoms with E-state index in [1.165, 1.54) is 30.5 Å². The summed E-state index contributed by atoms with van der Waals surface area (Å²) in [6.45, 7) is 5.30. The zero-order valence-corrected chi connectivity index (χ0v) is 14.0. The molecule has 1 N–H and O–H groups in total. The van der Waals surface area contributed by atoms with Crippen LogP contribution in [0.1, 0.15) is 31.9 Å². The summed E-state index contributed by atoms with van der Waals surface area (Å²) >= 11 is 0. The van der Waals surface area contributed by atoms with Crippen molar-refractivity contribution >= 4 is 11.8 Å². The molecule has 1 aromatic carbocycles. The molecule has 7 nitrogen and oxygen atoms in total. The second-order valence-corrected chi connectivity index (χ2v) is 6.08. The summed E-state index contributed by atoms with van der Waals surface area (Å²) in [5.41, 5.74) is 0.437. The maximum Gasteiger partial charge on any atom is 0.412 e. The monoisotopic (exact) mass is 336 g/mol. The summed E-state index contributed by atoms with van der Waals surface area (Å²) in [6, 6.07) is 11.5. The summed E-state index contributed by atoms with van der Waals surface area (Å²) in [7, 11) is 0. The lowest BCUT2D eigenvalue weighted by molar-refractivity contribution is 0.0636. The number of anilines is 1. The van der Waals surface area contributed by atoms with Gasteiger partial charge in [-0.2, -0.15) is 10.5 Å². The number of hydrogen-bond donors (Lipinski definition) is 1. The number of carbonyl (C=O) groups is 1. The lowest BCUT2D eigenvalue weighted by Crippen LogP contribution is -2.27. The number of benzene rings is 1. The van der Waals surface area contributed by atoms with Gasteiger partial charge in [-0.25, -0.2) is 9.78 Å².